The maximum atomic E-state index is 12.2. The SMILES string of the molecule is CNCCC(=O)N1CC(C)(C)c2c(Cl)cccc21. The third kappa shape index (κ3) is 2.25. The molecule has 3 nitrogen and oxygen atoms in total. The van der Waals surface area contributed by atoms with Crippen molar-refractivity contribution < 1.29 is 4.79 Å². The van der Waals surface area contributed by atoms with Gasteiger partial charge >= 0.3 is 0 Å². The Kier molecular flexibility index (Phi) is 3.64. The minimum absolute atomic E-state index is 0.0804. The van der Waals surface area contributed by atoms with Crippen molar-refractivity contribution in [2.24, 2.45) is 0 Å². The van der Waals surface area contributed by atoms with Gasteiger partial charge in [-0.05, 0) is 19.2 Å². The largest absolute Gasteiger partial charge is 0.319 e. The Morgan fingerprint density at radius 2 is 2.22 bits per heavy atom. The van der Waals surface area contributed by atoms with Crippen LogP contribution in [0.1, 0.15) is 25.8 Å². The van der Waals surface area contributed by atoms with Crippen molar-refractivity contribution in [3.63, 3.8) is 0 Å². The van der Waals surface area contributed by atoms with Gasteiger partial charge < -0.3 is 10.2 Å². The van der Waals surface area contributed by atoms with E-state index in [1.54, 1.807) is 0 Å². The fourth-order valence-corrected chi connectivity index (χ4v) is 2.98. The Hall–Kier alpha value is -1.06. The average Bonchev–Trinajstić information content (AvgIpc) is 2.59. The third-order valence-corrected chi connectivity index (χ3v) is 3.72. The predicted molar refractivity (Wildman–Crippen MR) is 75.4 cm³/mol. The fourth-order valence-electron chi connectivity index (χ4n) is 2.56. The van der Waals surface area contributed by atoms with Gasteiger partial charge in [-0.15, -0.1) is 0 Å². The van der Waals surface area contributed by atoms with E-state index < -0.39 is 0 Å². The molecule has 0 bridgehead atoms. The van der Waals surface area contributed by atoms with E-state index >= 15 is 0 Å². The van der Waals surface area contributed by atoms with Crippen LogP contribution in [0.3, 0.4) is 0 Å². The molecule has 0 unspecified atom stereocenters. The van der Waals surface area contributed by atoms with Crippen LogP contribution in [0, 0.1) is 0 Å². The van der Waals surface area contributed by atoms with Crippen LogP contribution >= 0.6 is 11.6 Å². The minimum atomic E-state index is -0.0804. The number of amides is 1. The van der Waals surface area contributed by atoms with E-state index in [0.717, 1.165) is 16.3 Å². The lowest BCUT2D eigenvalue weighted by Gasteiger charge is -2.21. The molecule has 1 amide bonds. The number of nitrogens with zero attached hydrogens (tertiary/aromatic N) is 1. The normalized spacial score (nSPS) is 16.8. The van der Waals surface area contributed by atoms with Crippen molar-refractivity contribution in [3.8, 4) is 0 Å². The first kappa shape index (κ1) is 13.4. The van der Waals surface area contributed by atoms with Crippen LogP contribution in [-0.2, 0) is 10.2 Å². The zero-order chi connectivity index (χ0) is 13.3. The van der Waals surface area contributed by atoms with Crippen LogP contribution in [0.15, 0.2) is 18.2 Å². The maximum absolute atomic E-state index is 12.2. The topological polar surface area (TPSA) is 32.3 Å². The summed E-state index contributed by atoms with van der Waals surface area (Å²) in [6.45, 7) is 5.66. The third-order valence-electron chi connectivity index (χ3n) is 3.40. The zero-order valence-electron chi connectivity index (χ0n) is 11.1. The second-order valence-corrected chi connectivity index (χ2v) is 5.76. The number of hydrogen-bond donors (Lipinski definition) is 1. The summed E-state index contributed by atoms with van der Waals surface area (Å²) in [5, 5.41) is 3.76. The molecule has 1 aliphatic heterocycles. The highest BCUT2D eigenvalue weighted by molar-refractivity contribution is 6.32. The summed E-state index contributed by atoms with van der Waals surface area (Å²) in [5.74, 6) is 0.151. The van der Waals surface area contributed by atoms with Gasteiger partial charge in [0.05, 0.1) is 0 Å². The predicted octanol–water partition coefficient (Wildman–Crippen LogP) is 2.57. The van der Waals surface area contributed by atoms with E-state index in [1.165, 1.54) is 0 Å². The van der Waals surface area contributed by atoms with Crippen LogP contribution in [-0.4, -0.2) is 26.0 Å². The number of fused-ring (bicyclic) bond motifs is 1. The number of benzene rings is 1. The Morgan fingerprint density at radius 1 is 1.50 bits per heavy atom. The van der Waals surface area contributed by atoms with Gasteiger partial charge in [0.15, 0.2) is 0 Å². The average molecular weight is 267 g/mol. The van der Waals surface area contributed by atoms with Crippen LogP contribution < -0.4 is 10.2 Å². The van der Waals surface area contributed by atoms with E-state index in [9.17, 15) is 4.79 Å². The van der Waals surface area contributed by atoms with Crippen molar-refractivity contribution >= 4 is 23.2 Å². The monoisotopic (exact) mass is 266 g/mol. The second-order valence-electron chi connectivity index (χ2n) is 5.35. The van der Waals surface area contributed by atoms with Gasteiger partial charge in [0.2, 0.25) is 5.91 Å². The van der Waals surface area contributed by atoms with Crippen molar-refractivity contribution in [2.45, 2.75) is 25.7 Å². The van der Waals surface area contributed by atoms with Crippen LogP contribution in [0.2, 0.25) is 5.02 Å². The molecule has 2 rings (SSSR count). The number of halogens is 1. The number of rotatable bonds is 3. The minimum Gasteiger partial charge on any atom is -0.319 e. The first-order valence-electron chi connectivity index (χ1n) is 6.21. The van der Waals surface area contributed by atoms with Crippen LogP contribution in [0.5, 0.6) is 0 Å². The molecule has 0 fully saturated rings. The van der Waals surface area contributed by atoms with Crippen LogP contribution in [0.4, 0.5) is 5.69 Å². The Bertz CT molecular complexity index is 471. The molecule has 0 saturated carbocycles. The van der Waals surface area contributed by atoms with Crippen molar-refractivity contribution in [2.75, 3.05) is 25.0 Å². The first-order chi connectivity index (χ1) is 8.47. The molecule has 0 aromatic heterocycles. The molecule has 1 aromatic carbocycles. The van der Waals surface area contributed by atoms with Gasteiger partial charge in [-0.2, -0.15) is 0 Å². The van der Waals surface area contributed by atoms with Gasteiger partial charge in [-0.1, -0.05) is 31.5 Å². The number of nitrogens with one attached hydrogen (secondary N) is 1. The van der Waals surface area contributed by atoms with E-state index in [2.05, 4.69) is 19.2 Å². The molecular weight excluding hydrogens is 248 g/mol. The molecule has 0 aliphatic carbocycles. The smallest absolute Gasteiger partial charge is 0.228 e. The fraction of sp³-hybridized carbons (Fsp3) is 0.500. The van der Waals surface area contributed by atoms with Gasteiger partial charge in [-0.3, -0.25) is 4.79 Å². The second kappa shape index (κ2) is 4.90. The molecule has 0 spiro atoms. The van der Waals surface area contributed by atoms with Crippen LogP contribution in [0.25, 0.3) is 0 Å². The molecule has 0 radical (unpaired) electrons. The molecule has 1 N–H and O–H groups in total. The first-order valence-corrected chi connectivity index (χ1v) is 6.59. The molecule has 0 saturated heterocycles. The summed E-state index contributed by atoms with van der Waals surface area (Å²) >= 11 is 6.28. The molecule has 98 valence electrons. The lowest BCUT2D eigenvalue weighted by molar-refractivity contribution is -0.118. The van der Waals surface area contributed by atoms with E-state index in [1.807, 2.05) is 30.1 Å². The lowest BCUT2D eigenvalue weighted by atomic mass is 9.87. The lowest BCUT2D eigenvalue weighted by Crippen LogP contribution is -2.35. The van der Waals surface area contributed by atoms with E-state index in [0.29, 0.717) is 19.5 Å². The summed E-state index contributed by atoms with van der Waals surface area (Å²) in [6.07, 6.45) is 0.512. The number of hydrogen-bond acceptors (Lipinski definition) is 2. The highest BCUT2D eigenvalue weighted by Crippen LogP contribution is 2.44. The summed E-state index contributed by atoms with van der Waals surface area (Å²) < 4.78 is 0. The molecule has 1 aliphatic rings. The summed E-state index contributed by atoms with van der Waals surface area (Å²) in [4.78, 5) is 14.1. The molecular formula is C14H19ClN2O. The summed E-state index contributed by atoms with van der Waals surface area (Å²) in [5.41, 5.74) is 1.97. The zero-order valence-corrected chi connectivity index (χ0v) is 11.8. The summed E-state index contributed by atoms with van der Waals surface area (Å²) in [7, 11) is 1.85. The van der Waals surface area contributed by atoms with Gasteiger partial charge in [0.1, 0.15) is 0 Å². The number of carbonyl (C=O) groups is 1. The molecule has 4 heteroatoms. The van der Waals surface area contributed by atoms with Gasteiger partial charge in [0.25, 0.3) is 0 Å². The van der Waals surface area contributed by atoms with Crippen molar-refractivity contribution in [1.82, 2.24) is 5.32 Å². The molecule has 0 atom stereocenters. The Balaban J connectivity index is 2.34. The highest BCUT2D eigenvalue weighted by Gasteiger charge is 2.39. The van der Waals surface area contributed by atoms with Crippen molar-refractivity contribution in [3.05, 3.63) is 28.8 Å². The van der Waals surface area contributed by atoms with E-state index in [-0.39, 0.29) is 11.3 Å². The highest BCUT2D eigenvalue weighted by atomic mass is 35.5. The summed E-state index contributed by atoms with van der Waals surface area (Å²) in [6, 6.07) is 5.78. The number of anilines is 1. The van der Waals surface area contributed by atoms with Gasteiger partial charge in [-0.25, -0.2) is 0 Å². The van der Waals surface area contributed by atoms with Gasteiger partial charge in [0, 0.05) is 41.2 Å². The number of carbonyl (C=O) groups excluding carboxylic acids is 1. The maximum Gasteiger partial charge on any atom is 0.228 e. The van der Waals surface area contributed by atoms with Crippen molar-refractivity contribution in [1.29, 1.82) is 0 Å². The molecule has 18 heavy (non-hydrogen) atoms. The Labute approximate surface area is 113 Å². The molecule has 1 aromatic rings. The quantitative estimate of drug-likeness (QED) is 0.912. The standard InChI is InChI=1S/C14H19ClN2O/c1-14(2)9-17(12(18)7-8-16-3)11-6-4-5-10(15)13(11)14/h4-6,16H,7-9H2,1-3H3. The molecule has 1 heterocycles. The van der Waals surface area contributed by atoms with E-state index in [4.69, 9.17) is 11.6 Å². The Morgan fingerprint density at radius 3 is 2.89 bits per heavy atom.